The van der Waals surface area contributed by atoms with Crippen LogP contribution in [0.25, 0.3) is 51.5 Å². The number of hydrogen-bond acceptors (Lipinski definition) is 8. The van der Waals surface area contributed by atoms with Crippen molar-refractivity contribution in [3.8, 4) is 22.6 Å². The van der Waals surface area contributed by atoms with Crippen LogP contribution in [-0.4, -0.2) is 13.4 Å². The largest absolute Gasteiger partial charge is 0.458 e. The molecule has 0 unspecified atom stereocenters. The van der Waals surface area contributed by atoms with E-state index in [1.807, 2.05) is 22.7 Å². The Labute approximate surface area is 588 Å². The molecule has 0 N–H and O–H groups in total. The number of hydrogen-bond donors (Lipinski definition) is 0. The lowest BCUT2D eigenvalue weighted by molar-refractivity contribution is 0.487. The van der Waals surface area contributed by atoms with E-state index in [1.165, 1.54) is 62.2 Å². The minimum Gasteiger partial charge on any atom is -0.458 e. The fourth-order valence-electron chi connectivity index (χ4n) is 16.7. The Morgan fingerprint density at radius 1 is 0.280 bits per heavy atom. The van der Waals surface area contributed by atoms with E-state index in [9.17, 15) is 0 Å². The summed E-state index contributed by atoms with van der Waals surface area (Å²) in [6.07, 6.45) is 0. The summed E-state index contributed by atoms with van der Waals surface area (Å²) in [5.74, 6) is 1.69. The monoisotopic (exact) mass is 1310 g/mol. The third kappa shape index (κ3) is 8.64. The molecule has 6 heterocycles. The van der Waals surface area contributed by atoms with Crippen molar-refractivity contribution in [2.75, 3.05) is 24.5 Å². The van der Waals surface area contributed by atoms with E-state index in [4.69, 9.17) is 4.74 Å². The molecule has 10 heteroatoms. The number of fused-ring (bicyclic) bond motifs is 14. The van der Waals surface area contributed by atoms with Crippen LogP contribution in [-0.2, 0) is 0 Å². The summed E-state index contributed by atoms with van der Waals surface area (Å²) >= 11 is 3.71. The molecule has 15 aromatic carbocycles. The predicted molar refractivity (Wildman–Crippen MR) is 427 cm³/mol. The molecule has 2 aromatic heterocycles. The summed E-state index contributed by atoms with van der Waals surface area (Å²) in [5.41, 5.74) is 25.6. The molecule has 100 heavy (non-hydrogen) atoms. The van der Waals surface area contributed by atoms with Gasteiger partial charge >= 0.3 is 0 Å². The van der Waals surface area contributed by atoms with E-state index in [0.29, 0.717) is 0 Å². The van der Waals surface area contributed by atoms with Gasteiger partial charge in [0.15, 0.2) is 0 Å². The van der Waals surface area contributed by atoms with Crippen molar-refractivity contribution in [1.29, 1.82) is 0 Å². The number of thiophene rings is 2. The van der Waals surface area contributed by atoms with Crippen molar-refractivity contribution in [1.82, 2.24) is 0 Å². The zero-order valence-electron chi connectivity index (χ0n) is 54.0. The highest BCUT2D eigenvalue weighted by Crippen LogP contribution is 2.55. The second-order valence-corrected chi connectivity index (χ2v) is 28.3. The first-order valence-corrected chi connectivity index (χ1v) is 35.8. The molecule has 466 valence electrons. The van der Waals surface area contributed by atoms with Crippen LogP contribution in [0.5, 0.6) is 11.5 Å². The van der Waals surface area contributed by atoms with Gasteiger partial charge in [-0.15, -0.1) is 22.7 Å². The van der Waals surface area contributed by atoms with E-state index in [2.05, 4.69) is 370 Å². The van der Waals surface area contributed by atoms with Gasteiger partial charge in [0.25, 0.3) is 13.4 Å². The van der Waals surface area contributed by atoms with E-state index in [-0.39, 0.29) is 13.4 Å². The molecule has 0 fully saturated rings. The second kappa shape index (κ2) is 22.6. The number of ether oxygens (including phenoxy) is 1. The Kier molecular flexibility index (Phi) is 12.9. The molecule has 17 aromatic rings. The van der Waals surface area contributed by atoms with Gasteiger partial charge in [-0.3, -0.25) is 0 Å². The van der Waals surface area contributed by atoms with Crippen LogP contribution in [0.2, 0.25) is 0 Å². The first-order chi connectivity index (χ1) is 49.6. The smallest absolute Gasteiger partial charge is 0.256 e. The number of para-hydroxylation sites is 7. The van der Waals surface area contributed by atoms with Crippen LogP contribution in [0.4, 0.5) is 85.3 Å². The second-order valence-electron chi connectivity index (χ2n) is 26.2. The molecule has 0 aliphatic carbocycles. The van der Waals surface area contributed by atoms with Crippen LogP contribution >= 0.6 is 22.7 Å². The highest BCUT2D eigenvalue weighted by Gasteiger charge is 2.49. The highest BCUT2D eigenvalue weighted by molar-refractivity contribution is 7.26. The minimum absolute atomic E-state index is 0.218. The normalized spacial score (nSPS) is 13.0. The van der Waals surface area contributed by atoms with E-state index in [1.54, 1.807) is 0 Å². The Morgan fingerprint density at radius 2 is 0.770 bits per heavy atom. The summed E-state index contributed by atoms with van der Waals surface area (Å²) in [6, 6.07) is 128. The Hall–Kier alpha value is -12.3. The van der Waals surface area contributed by atoms with Crippen LogP contribution in [0, 0.1) is 0 Å². The first-order valence-electron chi connectivity index (χ1n) is 34.2. The van der Waals surface area contributed by atoms with Gasteiger partial charge in [0, 0.05) is 104 Å². The molecule has 6 nitrogen and oxygen atoms in total. The number of nitrogens with zero attached hydrogens (tertiary/aromatic N) is 5. The van der Waals surface area contributed by atoms with E-state index < -0.39 is 0 Å². The molecule has 0 saturated heterocycles. The zero-order chi connectivity index (χ0) is 65.5. The number of benzene rings is 15. The highest BCUT2D eigenvalue weighted by atomic mass is 32.1. The fraction of sp³-hybridized carbons (Fsp3) is 0. The lowest BCUT2D eigenvalue weighted by Crippen LogP contribution is -2.64. The number of anilines is 15. The maximum absolute atomic E-state index is 7.44. The average Bonchev–Trinajstić information content (AvgIpc) is 0.851. The molecule has 0 spiro atoms. The standard InChI is InChI=1S/C90H57B2N5OS2/c1-6-28-58(29-7-1)65-38-16-21-44-73(65)97-78-57-77-71(92-70-43-20-23-48-82(70)98-83-55-64(54-81(89(83)92)96(77)62-36-14-5-15-37-62)94(60-32-10-3-11-33-60)76-47-26-41-67-66-39-17-24-49-84(66)100-90(67)76)56-72(78)91-69-42-19-22-45-74(69)95(61-34-12-4-13-35-61)79-52-63(53-80(97)88(79)91)93(59-30-8-2-9-31-59)75-46-27-51-86-87(75)68-40-18-25-50-85(68)99-86/h1-57H. The van der Waals surface area contributed by atoms with Gasteiger partial charge in [0.1, 0.15) is 11.5 Å². The van der Waals surface area contributed by atoms with Crippen LogP contribution in [0.1, 0.15) is 0 Å². The molecule has 0 amide bonds. The lowest BCUT2D eigenvalue weighted by Gasteiger charge is -2.47. The zero-order valence-corrected chi connectivity index (χ0v) is 55.7. The summed E-state index contributed by atoms with van der Waals surface area (Å²) in [6.45, 7) is -0.437. The van der Waals surface area contributed by atoms with Gasteiger partial charge in [0.2, 0.25) is 0 Å². The number of rotatable bonds is 10. The maximum atomic E-state index is 7.44. The minimum atomic E-state index is -0.219. The summed E-state index contributed by atoms with van der Waals surface area (Å²) in [7, 11) is 0. The van der Waals surface area contributed by atoms with Crippen molar-refractivity contribution in [3.63, 3.8) is 0 Å². The van der Waals surface area contributed by atoms with Crippen LogP contribution < -0.4 is 62.0 Å². The quantitative estimate of drug-likeness (QED) is 0.127. The van der Waals surface area contributed by atoms with Gasteiger partial charge in [-0.05, 0) is 160 Å². The van der Waals surface area contributed by atoms with Crippen molar-refractivity contribution >= 4 is 195 Å². The molecule has 0 radical (unpaired) electrons. The fourth-order valence-corrected chi connectivity index (χ4v) is 19.1. The van der Waals surface area contributed by atoms with Crippen molar-refractivity contribution < 1.29 is 4.74 Å². The van der Waals surface area contributed by atoms with Gasteiger partial charge in [-0.1, -0.05) is 218 Å². The molecule has 0 saturated carbocycles. The van der Waals surface area contributed by atoms with Crippen molar-refractivity contribution in [3.05, 3.63) is 346 Å². The van der Waals surface area contributed by atoms with Crippen molar-refractivity contribution in [2.45, 2.75) is 0 Å². The summed E-state index contributed by atoms with van der Waals surface area (Å²) in [5, 5.41) is 4.97. The predicted octanol–water partition coefficient (Wildman–Crippen LogP) is 21.5. The van der Waals surface area contributed by atoms with Crippen LogP contribution in [0.3, 0.4) is 0 Å². The molecule has 4 aliphatic heterocycles. The SMILES string of the molecule is c1ccc(-c2ccccc2N2c3cc4c(cc3B3c5ccccc5N(c5ccccc5)c5cc(N(c6ccccc6)c6cccc7sc8ccccc8c67)cc2c53)B2c3ccccc3Oc3cc(N(c5ccccc5)c5cccc6c5sc5ccccc56)cc(c32)N4c2ccccc2)cc1. The van der Waals surface area contributed by atoms with E-state index >= 15 is 0 Å². The summed E-state index contributed by atoms with van der Waals surface area (Å²) < 4.78 is 12.4. The van der Waals surface area contributed by atoms with Gasteiger partial charge in [-0.2, -0.15) is 0 Å². The van der Waals surface area contributed by atoms with Gasteiger partial charge in [-0.25, -0.2) is 0 Å². The Bertz CT molecular complexity index is 6150. The van der Waals surface area contributed by atoms with Gasteiger partial charge < -0.3 is 29.2 Å². The molecular formula is C90H57B2N5OS2. The van der Waals surface area contributed by atoms with Gasteiger partial charge in [0.05, 0.1) is 33.1 Å². The maximum Gasteiger partial charge on any atom is 0.256 e. The molecule has 0 bridgehead atoms. The molecular weight excluding hydrogens is 1250 g/mol. The third-order valence-electron chi connectivity index (χ3n) is 20.8. The molecule has 4 aliphatic rings. The average molecular weight is 1310 g/mol. The third-order valence-corrected chi connectivity index (χ3v) is 23.1. The van der Waals surface area contributed by atoms with E-state index in [0.717, 1.165) is 119 Å². The lowest BCUT2D eigenvalue weighted by atomic mass is 9.30. The molecule has 21 rings (SSSR count). The Balaban J connectivity index is 0.881. The molecule has 0 atom stereocenters. The first kappa shape index (κ1) is 56.8. The van der Waals surface area contributed by atoms with Crippen LogP contribution in [0.15, 0.2) is 346 Å². The summed E-state index contributed by atoms with van der Waals surface area (Å²) in [4.78, 5) is 12.7. The Morgan fingerprint density at radius 3 is 1.49 bits per heavy atom. The topological polar surface area (TPSA) is 25.4 Å². The van der Waals surface area contributed by atoms with Crippen molar-refractivity contribution in [2.24, 2.45) is 0 Å².